The van der Waals surface area contributed by atoms with Crippen LogP contribution in [0.1, 0.15) is 11.1 Å². The second kappa shape index (κ2) is 9.19. The fourth-order valence-corrected chi connectivity index (χ4v) is 3.65. The molecule has 7 nitrogen and oxygen atoms in total. The number of nitrogens with one attached hydrogen (secondary N) is 1. The summed E-state index contributed by atoms with van der Waals surface area (Å²) in [7, 11) is 1.49. The van der Waals surface area contributed by atoms with Gasteiger partial charge in [-0.1, -0.05) is 24.3 Å². The SMILES string of the molecule is COc1cc(C=Nn2c(=O)[nH]c3ccccc3c2=O)cc(Br)c1OCc1ccc(F)cc1. The number of ether oxygens (including phenoxy) is 2. The minimum atomic E-state index is -0.643. The highest BCUT2D eigenvalue weighted by Crippen LogP contribution is 2.36. The fraction of sp³-hybridized carbons (Fsp3) is 0.0870. The van der Waals surface area contributed by atoms with E-state index in [1.807, 2.05) is 0 Å². The highest BCUT2D eigenvalue weighted by atomic mass is 79.9. The van der Waals surface area contributed by atoms with Gasteiger partial charge in [0.1, 0.15) is 12.4 Å². The zero-order chi connectivity index (χ0) is 22.7. The highest BCUT2D eigenvalue weighted by molar-refractivity contribution is 9.10. The van der Waals surface area contributed by atoms with Crippen LogP contribution in [0.25, 0.3) is 10.9 Å². The number of benzene rings is 3. The molecule has 0 fully saturated rings. The summed E-state index contributed by atoms with van der Waals surface area (Å²) >= 11 is 3.45. The lowest BCUT2D eigenvalue weighted by molar-refractivity contribution is 0.282. The summed E-state index contributed by atoms with van der Waals surface area (Å²) < 4.78 is 25.7. The number of methoxy groups -OCH3 is 1. The lowest BCUT2D eigenvalue weighted by atomic mass is 10.2. The third kappa shape index (κ3) is 4.47. The van der Waals surface area contributed by atoms with Crippen molar-refractivity contribution in [1.29, 1.82) is 0 Å². The van der Waals surface area contributed by atoms with Crippen molar-refractivity contribution in [2.75, 3.05) is 7.11 Å². The fourth-order valence-electron chi connectivity index (χ4n) is 3.07. The summed E-state index contributed by atoms with van der Waals surface area (Å²) in [5.41, 5.74) is 0.644. The largest absolute Gasteiger partial charge is 0.493 e. The van der Waals surface area contributed by atoms with Gasteiger partial charge < -0.3 is 14.5 Å². The Morgan fingerprint density at radius 2 is 1.88 bits per heavy atom. The second-order valence-electron chi connectivity index (χ2n) is 6.79. The first-order chi connectivity index (χ1) is 15.5. The Bertz CT molecular complexity index is 1430. The maximum absolute atomic E-state index is 13.1. The quantitative estimate of drug-likeness (QED) is 0.407. The molecule has 0 atom stereocenters. The average molecular weight is 498 g/mol. The summed E-state index contributed by atoms with van der Waals surface area (Å²) in [6.45, 7) is 0.213. The number of halogens is 2. The van der Waals surface area contributed by atoms with Crippen molar-refractivity contribution in [3.8, 4) is 11.5 Å². The van der Waals surface area contributed by atoms with Gasteiger partial charge in [0.15, 0.2) is 11.5 Å². The molecular formula is C23H17BrFN3O4. The molecule has 0 aliphatic rings. The zero-order valence-corrected chi connectivity index (χ0v) is 18.4. The van der Waals surface area contributed by atoms with E-state index in [1.54, 1.807) is 48.5 Å². The number of rotatable bonds is 6. The van der Waals surface area contributed by atoms with E-state index < -0.39 is 11.2 Å². The van der Waals surface area contributed by atoms with Gasteiger partial charge in [-0.05, 0) is 63.5 Å². The molecule has 0 spiro atoms. The van der Waals surface area contributed by atoms with Gasteiger partial charge in [0.25, 0.3) is 5.56 Å². The number of hydrogen-bond donors (Lipinski definition) is 1. The van der Waals surface area contributed by atoms with Crippen LogP contribution in [0.15, 0.2) is 79.8 Å². The van der Waals surface area contributed by atoms with Crippen LogP contribution < -0.4 is 20.7 Å². The first-order valence-electron chi connectivity index (χ1n) is 9.49. The summed E-state index contributed by atoms with van der Waals surface area (Å²) in [5.74, 6) is 0.554. The number of hydrogen-bond acceptors (Lipinski definition) is 5. The van der Waals surface area contributed by atoms with Gasteiger partial charge in [0, 0.05) is 0 Å². The molecule has 0 radical (unpaired) electrons. The molecule has 162 valence electrons. The Labute approximate surface area is 189 Å². The number of para-hydroxylation sites is 1. The molecule has 32 heavy (non-hydrogen) atoms. The van der Waals surface area contributed by atoms with Crippen molar-refractivity contribution in [3.05, 3.63) is 103 Å². The molecule has 0 saturated heterocycles. The van der Waals surface area contributed by atoms with Crippen LogP contribution >= 0.6 is 15.9 Å². The van der Waals surface area contributed by atoms with E-state index in [0.29, 0.717) is 32.4 Å². The van der Waals surface area contributed by atoms with Crippen molar-refractivity contribution in [2.24, 2.45) is 5.10 Å². The maximum atomic E-state index is 13.1. The lowest BCUT2D eigenvalue weighted by Crippen LogP contribution is -2.32. The molecule has 1 heterocycles. The van der Waals surface area contributed by atoms with Gasteiger partial charge in [-0.15, -0.1) is 4.68 Å². The van der Waals surface area contributed by atoms with E-state index in [2.05, 4.69) is 26.0 Å². The number of nitrogens with zero attached hydrogens (tertiary/aromatic N) is 2. The van der Waals surface area contributed by atoms with Gasteiger partial charge in [0.2, 0.25) is 0 Å². The van der Waals surface area contributed by atoms with Gasteiger partial charge in [-0.25, -0.2) is 9.18 Å². The van der Waals surface area contributed by atoms with Crippen LogP contribution in [-0.2, 0) is 6.61 Å². The summed E-state index contributed by atoms with van der Waals surface area (Å²) in [4.78, 5) is 27.5. The normalized spacial score (nSPS) is 11.2. The van der Waals surface area contributed by atoms with Crippen LogP contribution in [0.4, 0.5) is 4.39 Å². The molecule has 4 rings (SSSR count). The van der Waals surface area contributed by atoms with Crippen LogP contribution in [0.5, 0.6) is 11.5 Å². The first-order valence-corrected chi connectivity index (χ1v) is 10.3. The smallest absolute Gasteiger partial charge is 0.349 e. The molecule has 9 heteroatoms. The van der Waals surface area contributed by atoms with E-state index in [-0.39, 0.29) is 12.4 Å². The summed E-state index contributed by atoms with van der Waals surface area (Å²) in [6.07, 6.45) is 1.38. The zero-order valence-electron chi connectivity index (χ0n) is 16.8. The monoisotopic (exact) mass is 497 g/mol. The minimum absolute atomic E-state index is 0.213. The summed E-state index contributed by atoms with van der Waals surface area (Å²) in [5, 5.41) is 4.41. The van der Waals surface area contributed by atoms with E-state index >= 15 is 0 Å². The average Bonchev–Trinajstić information content (AvgIpc) is 2.79. The molecular weight excluding hydrogens is 481 g/mol. The number of aromatic amines is 1. The van der Waals surface area contributed by atoms with E-state index in [4.69, 9.17) is 9.47 Å². The van der Waals surface area contributed by atoms with Gasteiger partial charge in [-0.2, -0.15) is 5.10 Å². The molecule has 0 bridgehead atoms. The van der Waals surface area contributed by atoms with Crippen molar-refractivity contribution in [3.63, 3.8) is 0 Å². The predicted molar refractivity (Wildman–Crippen MR) is 123 cm³/mol. The van der Waals surface area contributed by atoms with E-state index in [0.717, 1.165) is 10.2 Å². The van der Waals surface area contributed by atoms with E-state index in [1.165, 1.54) is 25.5 Å². The predicted octanol–water partition coefficient (Wildman–Crippen LogP) is 4.06. The highest BCUT2D eigenvalue weighted by Gasteiger charge is 2.12. The summed E-state index contributed by atoms with van der Waals surface area (Å²) in [6, 6.07) is 16.1. The van der Waals surface area contributed by atoms with Crippen LogP contribution in [0.2, 0.25) is 0 Å². The lowest BCUT2D eigenvalue weighted by Gasteiger charge is -2.13. The topological polar surface area (TPSA) is 85.7 Å². The van der Waals surface area contributed by atoms with Crippen LogP contribution in [-0.4, -0.2) is 23.0 Å². The number of H-pyrrole nitrogens is 1. The minimum Gasteiger partial charge on any atom is -0.493 e. The van der Waals surface area contributed by atoms with Gasteiger partial charge in [-0.3, -0.25) is 4.79 Å². The first kappa shape index (κ1) is 21.5. The molecule has 0 saturated carbocycles. The van der Waals surface area contributed by atoms with Crippen LogP contribution in [0.3, 0.4) is 0 Å². The molecule has 0 amide bonds. The third-order valence-electron chi connectivity index (χ3n) is 4.65. The Balaban J connectivity index is 1.62. The maximum Gasteiger partial charge on any atom is 0.349 e. The second-order valence-corrected chi connectivity index (χ2v) is 7.64. The molecule has 0 aliphatic heterocycles. The van der Waals surface area contributed by atoms with Crippen LogP contribution in [0, 0.1) is 5.82 Å². The molecule has 1 N–H and O–H groups in total. The van der Waals surface area contributed by atoms with E-state index in [9.17, 15) is 14.0 Å². The van der Waals surface area contributed by atoms with Crippen molar-refractivity contribution in [2.45, 2.75) is 6.61 Å². The number of aromatic nitrogens is 2. The molecule has 1 aromatic heterocycles. The Morgan fingerprint density at radius 3 is 2.62 bits per heavy atom. The molecule has 4 aromatic rings. The molecule has 3 aromatic carbocycles. The van der Waals surface area contributed by atoms with Crippen molar-refractivity contribution in [1.82, 2.24) is 9.66 Å². The van der Waals surface area contributed by atoms with Gasteiger partial charge in [0.05, 0.1) is 28.7 Å². The number of fused-ring (bicyclic) bond motifs is 1. The molecule has 0 aliphatic carbocycles. The van der Waals surface area contributed by atoms with Crippen molar-refractivity contribution >= 4 is 33.0 Å². The Morgan fingerprint density at radius 1 is 1.12 bits per heavy atom. The molecule has 0 unspecified atom stereocenters. The van der Waals surface area contributed by atoms with Crippen molar-refractivity contribution < 1.29 is 13.9 Å². The standard InChI is InChI=1S/C23H17BrFN3O4/c1-31-20-11-15(10-18(24)21(20)32-13-14-6-8-16(25)9-7-14)12-26-28-22(29)17-4-2-3-5-19(17)27-23(28)30/h2-12H,13H2,1H3,(H,27,30). The Kier molecular flexibility index (Phi) is 6.18. The third-order valence-corrected chi connectivity index (χ3v) is 5.24. The van der Waals surface area contributed by atoms with Gasteiger partial charge >= 0.3 is 5.69 Å². The Hall–Kier alpha value is -3.72.